The van der Waals surface area contributed by atoms with E-state index in [0.717, 1.165) is 6.08 Å². The Kier molecular flexibility index (Phi) is 4.83. The van der Waals surface area contributed by atoms with Crippen molar-refractivity contribution in [2.45, 2.75) is 25.8 Å². The van der Waals surface area contributed by atoms with Crippen LogP contribution in [0.15, 0.2) is 30.3 Å². The molecule has 1 atom stereocenters. The molecule has 1 aromatic rings. The number of anilines is 1. The molecule has 102 valence electrons. The number of amides is 1. The van der Waals surface area contributed by atoms with Crippen LogP contribution in [0.1, 0.15) is 25.8 Å². The summed E-state index contributed by atoms with van der Waals surface area (Å²) in [5.41, 5.74) is 6.19. The van der Waals surface area contributed by atoms with Gasteiger partial charge >= 0.3 is 5.97 Å². The molecule has 0 saturated heterocycles. The molecule has 0 radical (unpaired) electrons. The van der Waals surface area contributed by atoms with Gasteiger partial charge in [-0.1, -0.05) is 19.1 Å². The lowest BCUT2D eigenvalue weighted by Gasteiger charge is -2.21. The van der Waals surface area contributed by atoms with Crippen molar-refractivity contribution in [3.8, 4) is 0 Å². The first-order valence-electron chi connectivity index (χ1n) is 5.96. The number of carboxylic acids is 1. The van der Waals surface area contributed by atoms with Gasteiger partial charge in [-0.15, -0.1) is 0 Å². The van der Waals surface area contributed by atoms with Gasteiger partial charge in [-0.2, -0.15) is 0 Å². The molecule has 19 heavy (non-hydrogen) atoms. The van der Waals surface area contributed by atoms with Gasteiger partial charge in [0.15, 0.2) is 0 Å². The van der Waals surface area contributed by atoms with Crippen molar-refractivity contribution in [3.63, 3.8) is 0 Å². The lowest BCUT2D eigenvalue weighted by atomic mass is 9.99. The van der Waals surface area contributed by atoms with Crippen molar-refractivity contribution in [2.24, 2.45) is 5.73 Å². The van der Waals surface area contributed by atoms with Crippen LogP contribution in [0.3, 0.4) is 0 Å². The van der Waals surface area contributed by atoms with Gasteiger partial charge in [-0.3, -0.25) is 4.79 Å². The van der Waals surface area contributed by atoms with E-state index in [1.165, 1.54) is 6.08 Å². The molecule has 0 fully saturated rings. The molecule has 0 aliphatic carbocycles. The summed E-state index contributed by atoms with van der Waals surface area (Å²) in [6.45, 7) is 3.50. The molecule has 4 N–H and O–H groups in total. The third-order valence-electron chi connectivity index (χ3n) is 2.82. The summed E-state index contributed by atoms with van der Waals surface area (Å²) in [4.78, 5) is 22.3. The lowest BCUT2D eigenvalue weighted by Crippen LogP contribution is -2.47. The Morgan fingerprint density at radius 1 is 1.47 bits per heavy atom. The molecule has 5 heteroatoms. The van der Waals surface area contributed by atoms with Crippen LogP contribution < -0.4 is 11.1 Å². The monoisotopic (exact) mass is 262 g/mol. The van der Waals surface area contributed by atoms with Crippen molar-refractivity contribution in [1.82, 2.24) is 0 Å². The number of rotatable bonds is 5. The first-order chi connectivity index (χ1) is 8.85. The topological polar surface area (TPSA) is 92.4 Å². The first-order valence-corrected chi connectivity index (χ1v) is 5.96. The zero-order chi connectivity index (χ0) is 14.5. The van der Waals surface area contributed by atoms with Crippen LogP contribution in [0, 0.1) is 0 Å². The lowest BCUT2D eigenvalue weighted by molar-refractivity contribution is -0.131. The Labute approximate surface area is 112 Å². The predicted molar refractivity (Wildman–Crippen MR) is 74.6 cm³/mol. The Morgan fingerprint density at radius 3 is 2.74 bits per heavy atom. The Balaban J connectivity index is 2.83. The van der Waals surface area contributed by atoms with Crippen molar-refractivity contribution in [1.29, 1.82) is 0 Å². The molecular weight excluding hydrogens is 244 g/mol. The molecule has 0 aliphatic rings. The molecule has 0 saturated carbocycles. The summed E-state index contributed by atoms with van der Waals surface area (Å²) in [6, 6.07) is 6.89. The highest BCUT2D eigenvalue weighted by Crippen LogP contribution is 2.15. The molecule has 0 heterocycles. The van der Waals surface area contributed by atoms with E-state index >= 15 is 0 Å². The second kappa shape index (κ2) is 6.15. The number of aliphatic carboxylic acids is 1. The SMILES string of the molecule is CCC(C)(N)C(=O)Nc1cccc(/C=C/C(=O)O)c1. The predicted octanol–water partition coefficient (Wildman–Crippen LogP) is 1.85. The molecular formula is C14H18N2O3. The Bertz CT molecular complexity index is 507. The van der Waals surface area contributed by atoms with E-state index in [2.05, 4.69) is 5.32 Å². The standard InChI is InChI=1S/C14H18N2O3/c1-3-14(2,15)13(19)16-11-6-4-5-10(9-11)7-8-12(17)18/h4-9H,3,15H2,1-2H3,(H,16,19)(H,17,18)/b8-7+. The fraction of sp³-hybridized carbons (Fsp3) is 0.286. The van der Waals surface area contributed by atoms with Crippen LogP contribution in [-0.4, -0.2) is 22.5 Å². The maximum Gasteiger partial charge on any atom is 0.328 e. The summed E-state index contributed by atoms with van der Waals surface area (Å²) in [7, 11) is 0. The van der Waals surface area contributed by atoms with E-state index in [4.69, 9.17) is 10.8 Å². The molecule has 0 spiro atoms. The zero-order valence-electron chi connectivity index (χ0n) is 11.0. The minimum atomic E-state index is -1.02. The number of carbonyl (C=O) groups is 2. The normalized spacial score (nSPS) is 14.1. The number of nitrogens with one attached hydrogen (secondary N) is 1. The van der Waals surface area contributed by atoms with Crippen LogP contribution in [0.25, 0.3) is 6.08 Å². The number of carbonyl (C=O) groups excluding carboxylic acids is 1. The summed E-state index contributed by atoms with van der Waals surface area (Å²) >= 11 is 0. The molecule has 1 aromatic carbocycles. The molecule has 5 nitrogen and oxygen atoms in total. The van der Waals surface area contributed by atoms with Crippen LogP contribution in [-0.2, 0) is 9.59 Å². The van der Waals surface area contributed by atoms with Crippen LogP contribution in [0.2, 0.25) is 0 Å². The van der Waals surface area contributed by atoms with E-state index in [1.807, 2.05) is 6.92 Å². The number of hydrogen-bond acceptors (Lipinski definition) is 3. The minimum Gasteiger partial charge on any atom is -0.478 e. The average Bonchev–Trinajstić information content (AvgIpc) is 2.36. The van der Waals surface area contributed by atoms with E-state index in [0.29, 0.717) is 17.7 Å². The number of hydrogen-bond donors (Lipinski definition) is 3. The van der Waals surface area contributed by atoms with Gasteiger partial charge in [0.1, 0.15) is 0 Å². The van der Waals surface area contributed by atoms with Gasteiger partial charge in [-0.25, -0.2) is 4.79 Å². The quantitative estimate of drug-likeness (QED) is 0.706. The number of nitrogens with two attached hydrogens (primary N) is 1. The van der Waals surface area contributed by atoms with Gasteiger partial charge in [0.05, 0.1) is 5.54 Å². The molecule has 0 aliphatic heterocycles. The summed E-state index contributed by atoms with van der Waals surface area (Å²) in [5, 5.41) is 11.3. The minimum absolute atomic E-state index is 0.269. The summed E-state index contributed by atoms with van der Waals surface area (Å²) < 4.78 is 0. The van der Waals surface area contributed by atoms with Gasteiger partial charge in [0.25, 0.3) is 0 Å². The zero-order valence-corrected chi connectivity index (χ0v) is 11.0. The fourth-order valence-electron chi connectivity index (χ4n) is 1.32. The van der Waals surface area contributed by atoms with Crippen molar-refractivity contribution >= 4 is 23.6 Å². The summed E-state index contributed by atoms with van der Waals surface area (Å²) in [6.07, 6.45) is 3.02. The molecule has 1 amide bonds. The highest BCUT2D eigenvalue weighted by molar-refractivity contribution is 5.97. The highest BCUT2D eigenvalue weighted by Gasteiger charge is 2.25. The average molecular weight is 262 g/mol. The van der Waals surface area contributed by atoms with Crippen LogP contribution in [0.5, 0.6) is 0 Å². The first kappa shape index (κ1) is 14.9. The maximum absolute atomic E-state index is 11.9. The largest absolute Gasteiger partial charge is 0.478 e. The van der Waals surface area contributed by atoms with Crippen LogP contribution >= 0.6 is 0 Å². The molecule has 1 unspecified atom stereocenters. The second-order valence-corrected chi connectivity index (χ2v) is 4.52. The van der Waals surface area contributed by atoms with Crippen molar-refractivity contribution in [2.75, 3.05) is 5.32 Å². The number of carboxylic acid groups (broad SMARTS) is 1. The molecule has 0 aromatic heterocycles. The maximum atomic E-state index is 11.9. The van der Waals surface area contributed by atoms with Gasteiger partial charge < -0.3 is 16.2 Å². The Hall–Kier alpha value is -2.14. The molecule has 0 bridgehead atoms. The van der Waals surface area contributed by atoms with E-state index < -0.39 is 11.5 Å². The van der Waals surface area contributed by atoms with Gasteiger partial charge in [0.2, 0.25) is 5.91 Å². The van der Waals surface area contributed by atoms with Crippen molar-refractivity contribution in [3.05, 3.63) is 35.9 Å². The van der Waals surface area contributed by atoms with E-state index in [9.17, 15) is 9.59 Å². The smallest absolute Gasteiger partial charge is 0.328 e. The number of benzene rings is 1. The molecule has 1 rings (SSSR count). The van der Waals surface area contributed by atoms with E-state index in [-0.39, 0.29) is 5.91 Å². The van der Waals surface area contributed by atoms with Gasteiger partial charge in [0, 0.05) is 11.8 Å². The van der Waals surface area contributed by atoms with Crippen molar-refractivity contribution < 1.29 is 14.7 Å². The third kappa shape index (κ3) is 4.56. The second-order valence-electron chi connectivity index (χ2n) is 4.52. The Morgan fingerprint density at radius 2 is 2.16 bits per heavy atom. The van der Waals surface area contributed by atoms with E-state index in [1.54, 1.807) is 31.2 Å². The highest BCUT2D eigenvalue weighted by atomic mass is 16.4. The van der Waals surface area contributed by atoms with Crippen LogP contribution in [0.4, 0.5) is 5.69 Å². The fourth-order valence-corrected chi connectivity index (χ4v) is 1.32. The summed E-state index contributed by atoms with van der Waals surface area (Å²) in [5.74, 6) is -1.29. The van der Waals surface area contributed by atoms with Gasteiger partial charge in [-0.05, 0) is 37.1 Å². The third-order valence-corrected chi connectivity index (χ3v) is 2.82.